The number of aliphatic hydroxyl groups excluding tert-OH is 1. The van der Waals surface area contributed by atoms with Crippen molar-refractivity contribution in [3.8, 4) is 0 Å². The van der Waals surface area contributed by atoms with Crippen molar-refractivity contribution in [2.24, 2.45) is 0 Å². The van der Waals surface area contributed by atoms with Crippen LogP contribution in [0.25, 0.3) is 0 Å². The predicted molar refractivity (Wildman–Crippen MR) is 117 cm³/mol. The first-order valence-electron chi connectivity index (χ1n) is 11.3. The molecule has 31 heavy (non-hydrogen) atoms. The average molecular weight is 450 g/mol. The molecule has 0 heterocycles. The highest BCUT2D eigenvalue weighted by molar-refractivity contribution is 5.76. The number of carbonyl (C=O) groups is 2. The van der Waals surface area contributed by atoms with Crippen LogP contribution in [0.2, 0.25) is 0 Å². The van der Waals surface area contributed by atoms with E-state index in [-0.39, 0.29) is 24.4 Å². The van der Waals surface area contributed by atoms with Crippen molar-refractivity contribution in [1.82, 2.24) is 5.32 Å². The summed E-state index contributed by atoms with van der Waals surface area (Å²) in [6.45, 7) is 8.10. The fourth-order valence-corrected chi connectivity index (χ4v) is 2.53. The number of ether oxygens (including phenoxy) is 5. The summed E-state index contributed by atoms with van der Waals surface area (Å²) in [5, 5.41) is 12.0. The number of ketones is 1. The van der Waals surface area contributed by atoms with Gasteiger partial charge in [-0.3, -0.25) is 9.59 Å². The van der Waals surface area contributed by atoms with E-state index in [0.717, 1.165) is 32.1 Å². The molecule has 9 nitrogen and oxygen atoms in total. The minimum Gasteiger partial charge on any atom is -0.393 e. The summed E-state index contributed by atoms with van der Waals surface area (Å²) in [5.74, 6) is 0.0586. The quantitative estimate of drug-likeness (QED) is 0.213. The first-order valence-corrected chi connectivity index (χ1v) is 11.3. The molecule has 2 N–H and O–H groups in total. The Labute approximate surface area is 187 Å². The number of hydrogen-bond donors (Lipinski definition) is 2. The summed E-state index contributed by atoms with van der Waals surface area (Å²) >= 11 is 0. The van der Waals surface area contributed by atoms with Crippen molar-refractivity contribution in [2.75, 3.05) is 72.6 Å². The zero-order valence-corrected chi connectivity index (χ0v) is 19.4. The van der Waals surface area contributed by atoms with E-state index >= 15 is 0 Å². The molecule has 0 bridgehead atoms. The number of aliphatic hydroxyl groups is 1. The van der Waals surface area contributed by atoms with Crippen LogP contribution in [0.5, 0.6) is 0 Å². The van der Waals surface area contributed by atoms with Gasteiger partial charge in [0.2, 0.25) is 5.91 Å². The highest BCUT2D eigenvalue weighted by Crippen LogP contribution is 2.07. The minimum absolute atomic E-state index is 0.00292. The number of carbonyl (C=O) groups excluding carboxylic acids is 2. The molecular formula is C22H43NO8. The van der Waals surface area contributed by atoms with Gasteiger partial charge in [0.05, 0.1) is 65.6 Å². The maximum atomic E-state index is 11.7. The van der Waals surface area contributed by atoms with E-state index in [1.54, 1.807) is 6.92 Å². The Kier molecular flexibility index (Phi) is 22.7. The first kappa shape index (κ1) is 29.9. The van der Waals surface area contributed by atoms with Gasteiger partial charge in [0.15, 0.2) is 5.78 Å². The number of unbranched alkanes of at least 4 members (excludes halogenated alkanes) is 3. The van der Waals surface area contributed by atoms with E-state index in [0.29, 0.717) is 72.4 Å². The summed E-state index contributed by atoms with van der Waals surface area (Å²) in [4.78, 5) is 22.3. The van der Waals surface area contributed by atoms with Crippen LogP contribution in [-0.2, 0) is 33.3 Å². The third-order valence-corrected chi connectivity index (χ3v) is 4.14. The Bertz CT molecular complexity index is 420. The zero-order chi connectivity index (χ0) is 23.0. The molecule has 9 heteroatoms. The fraction of sp³-hybridized carbons (Fsp3) is 0.909. The molecule has 0 spiro atoms. The van der Waals surface area contributed by atoms with Crippen LogP contribution in [0.15, 0.2) is 0 Å². The third-order valence-electron chi connectivity index (χ3n) is 4.14. The molecule has 1 amide bonds. The number of Topliss-reactive ketones (excluding diaryl/α,β-unsaturated/α-hetero) is 1. The smallest absolute Gasteiger partial charge is 0.220 e. The molecule has 0 rings (SSSR count). The molecule has 1 atom stereocenters. The Morgan fingerprint density at radius 2 is 1.23 bits per heavy atom. The van der Waals surface area contributed by atoms with Gasteiger partial charge in [0.1, 0.15) is 6.61 Å². The Morgan fingerprint density at radius 1 is 0.742 bits per heavy atom. The molecule has 184 valence electrons. The van der Waals surface area contributed by atoms with Gasteiger partial charge in [-0.1, -0.05) is 19.3 Å². The van der Waals surface area contributed by atoms with Crippen molar-refractivity contribution in [2.45, 2.75) is 58.5 Å². The van der Waals surface area contributed by atoms with E-state index in [2.05, 4.69) is 5.32 Å². The van der Waals surface area contributed by atoms with Crippen LogP contribution in [0.1, 0.15) is 52.4 Å². The lowest BCUT2D eigenvalue weighted by molar-refractivity contribution is -0.122. The topological polar surface area (TPSA) is 113 Å². The van der Waals surface area contributed by atoms with Gasteiger partial charge in [0.25, 0.3) is 0 Å². The molecule has 0 saturated heterocycles. The lowest BCUT2D eigenvalue weighted by Gasteiger charge is -2.08. The van der Waals surface area contributed by atoms with Gasteiger partial charge < -0.3 is 34.1 Å². The molecule has 0 saturated carbocycles. The molecule has 0 fully saturated rings. The Balaban J connectivity index is 3.14. The number of amides is 1. The monoisotopic (exact) mass is 449 g/mol. The van der Waals surface area contributed by atoms with Crippen LogP contribution >= 0.6 is 0 Å². The third kappa shape index (κ3) is 26.9. The SMILES string of the molecule is CC(=O)COCCOCCOCCOCCOCCNC(=O)CCCCCC[C@@H](C)O. The van der Waals surface area contributed by atoms with Crippen LogP contribution in [-0.4, -0.2) is 95.5 Å². The lowest BCUT2D eigenvalue weighted by atomic mass is 10.1. The summed E-state index contributed by atoms with van der Waals surface area (Å²) < 4.78 is 26.6. The van der Waals surface area contributed by atoms with Crippen molar-refractivity contribution < 1.29 is 38.4 Å². The molecule has 0 aromatic carbocycles. The normalized spacial score (nSPS) is 12.1. The van der Waals surface area contributed by atoms with E-state index in [9.17, 15) is 14.7 Å². The molecule has 0 aliphatic heterocycles. The molecule has 0 aliphatic carbocycles. The number of nitrogens with one attached hydrogen (secondary N) is 1. The second kappa shape index (κ2) is 23.6. The highest BCUT2D eigenvalue weighted by atomic mass is 16.6. The van der Waals surface area contributed by atoms with Gasteiger partial charge in [-0.15, -0.1) is 0 Å². The van der Waals surface area contributed by atoms with Crippen molar-refractivity contribution in [3.63, 3.8) is 0 Å². The van der Waals surface area contributed by atoms with Crippen molar-refractivity contribution >= 4 is 11.7 Å². The molecule has 0 aliphatic rings. The van der Waals surface area contributed by atoms with Crippen molar-refractivity contribution in [1.29, 1.82) is 0 Å². The van der Waals surface area contributed by atoms with E-state index in [1.165, 1.54) is 6.92 Å². The second-order valence-electron chi connectivity index (χ2n) is 7.36. The molecular weight excluding hydrogens is 406 g/mol. The van der Waals surface area contributed by atoms with Crippen molar-refractivity contribution in [3.05, 3.63) is 0 Å². The summed E-state index contributed by atoms with van der Waals surface area (Å²) in [6, 6.07) is 0. The molecule has 0 unspecified atom stereocenters. The van der Waals surface area contributed by atoms with Gasteiger partial charge in [-0.05, 0) is 26.7 Å². The largest absolute Gasteiger partial charge is 0.393 e. The van der Waals surface area contributed by atoms with E-state index in [1.807, 2.05) is 0 Å². The van der Waals surface area contributed by atoms with Gasteiger partial charge in [0, 0.05) is 13.0 Å². The van der Waals surface area contributed by atoms with Crippen LogP contribution < -0.4 is 5.32 Å². The number of hydrogen-bond acceptors (Lipinski definition) is 8. The lowest BCUT2D eigenvalue weighted by Crippen LogP contribution is -2.27. The summed E-state index contributed by atoms with van der Waals surface area (Å²) in [5.41, 5.74) is 0. The zero-order valence-electron chi connectivity index (χ0n) is 19.4. The number of rotatable bonds is 24. The standard InChI is InChI=1S/C22H43NO8/c1-20(24)7-5-3-4-6-8-22(26)23-9-10-27-11-12-28-13-14-29-15-16-30-17-18-31-19-21(2)25/h20,24H,3-19H2,1-2H3,(H,23,26)/t20-/m1/s1. The maximum absolute atomic E-state index is 11.7. The Morgan fingerprint density at radius 3 is 1.74 bits per heavy atom. The molecule has 0 aromatic rings. The average Bonchev–Trinajstić information content (AvgIpc) is 2.72. The highest BCUT2D eigenvalue weighted by Gasteiger charge is 2.01. The Hall–Kier alpha value is -1.10. The van der Waals surface area contributed by atoms with Gasteiger partial charge in [-0.25, -0.2) is 0 Å². The molecule has 0 aromatic heterocycles. The second-order valence-corrected chi connectivity index (χ2v) is 7.36. The van der Waals surface area contributed by atoms with E-state index < -0.39 is 0 Å². The van der Waals surface area contributed by atoms with Gasteiger partial charge in [-0.2, -0.15) is 0 Å². The van der Waals surface area contributed by atoms with Crippen LogP contribution in [0.4, 0.5) is 0 Å². The molecule has 0 radical (unpaired) electrons. The van der Waals surface area contributed by atoms with Gasteiger partial charge >= 0.3 is 0 Å². The first-order chi connectivity index (χ1) is 15.0. The summed E-state index contributed by atoms with van der Waals surface area (Å²) in [7, 11) is 0. The summed E-state index contributed by atoms with van der Waals surface area (Å²) in [6.07, 6.45) is 5.09. The fourth-order valence-electron chi connectivity index (χ4n) is 2.53. The van der Waals surface area contributed by atoms with Crippen LogP contribution in [0.3, 0.4) is 0 Å². The maximum Gasteiger partial charge on any atom is 0.220 e. The minimum atomic E-state index is -0.232. The van der Waals surface area contributed by atoms with E-state index in [4.69, 9.17) is 23.7 Å². The predicted octanol–water partition coefficient (Wildman–Crippen LogP) is 1.50. The van der Waals surface area contributed by atoms with Crippen LogP contribution in [0, 0.1) is 0 Å².